The third kappa shape index (κ3) is 15.9. The molecule has 30 fully saturated rings. The molecule has 92 heavy (non-hydrogen) atoms. The van der Waals surface area contributed by atoms with E-state index in [1.165, 1.54) is 0 Å². The van der Waals surface area contributed by atoms with Crippen LogP contribution in [0.1, 0.15) is 0 Å². The van der Waals surface area contributed by atoms with Crippen molar-refractivity contribution in [3.05, 3.63) is 0 Å². The van der Waals surface area contributed by atoms with Crippen LogP contribution in [-0.4, -0.2) is 434 Å². The molecule has 0 aliphatic carbocycles. The Labute approximate surface area is 520 Å². The van der Waals surface area contributed by atoms with Gasteiger partial charge in [-0.2, -0.15) is 0 Å². The maximum Gasteiger partial charge on any atom is 0.187 e. The average molecular weight is 1380 g/mol. The lowest BCUT2D eigenvalue weighted by Gasteiger charge is -2.50. The van der Waals surface area contributed by atoms with Gasteiger partial charge in [-0.15, -0.1) is 0 Å². The minimum Gasteiger partial charge on any atom is -0.750 e. The van der Waals surface area contributed by atoms with Gasteiger partial charge in [0, 0.05) is 0 Å². The highest BCUT2D eigenvalue weighted by Gasteiger charge is 2.60. The number of hydrogen-bond acceptors (Lipinski definition) is 42. The van der Waals surface area contributed by atoms with Gasteiger partial charge in [0.05, 0.1) is 64.2 Å². The van der Waals surface area contributed by atoms with Crippen LogP contribution in [0.3, 0.4) is 0 Å². The second kappa shape index (κ2) is 33.1. The van der Waals surface area contributed by atoms with Crippen LogP contribution < -0.4 is 0 Å². The Bertz CT molecular complexity index is 1810. The third-order valence-electron chi connectivity index (χ3n) is 16.9. The van der Waals surface area contributed by atoms with Crippen LogP contribution in [0.25, 0.3) is 0 Å². The summed E-state index contributed by atoms with van der Waals surface area (Å²) in [5.41, 5.74) is 0. The van der Waals surface area contributed by atoms with Crippen molar-refractivity contribution in [1.82, 2.24) is 0 Å². The number of ether oxygens (including phenoxy) is 16. The summed E-state index contributed by atoms with van der Waals surface area (Å²) in [5, 5.41) is 265. The van der Waals surface area contributed by atoms with Gasteiger partial charge in [0.1, 0.15) is 195 Å². The van der Waals surface area contributed by atoms with Gasteiger partial charge in [-0.1, -0.05) is 0 Å². The Hall–Kier alpha value is -1.53. The lowest BCUT2D eigenvalue weighted by atomic mass is 9.94. The fraction of sp³-hybridized carbons (Fsp3) is 1.00. The standard InChI is InChI=1S/C48H80O40.H2O3S/c49-1-9-33-17(57)25(65)41(73-9)82-34-10(2-50)75-43(27(67)19(34)59)84-36-12(4-52)77-45(29(69)21(36)61)86-38-14(6-54)79-47(31(71)23(38)63)88-40-16(8-56)80-48(32(72)24(40)64)87-39-15(7-55)78-46(30(70)22(39)62)85-37-13(5-53)76-44(28(68)20(37)60)83-35-11(3-51)74-42(81-33)26(66)18(35)58;1-4(2)3/h9-72H,1-8H2;(H2,1,2,3)/p-1/t9-,10-,11-,12-,13-,14-,15-,16-,17-,18-,19-,20-,21-,22-,23-,24-,25-,26-,27-,28-,29-,30-,31-,32-,33-,34-,35-,36-,37-,38-,39-,40-,41-,42-,43-,44-,45-,46-,47-,48-;/m1./s1. The zero-order valence-corrected chi connectivity index (χ0v) is 48.5. The predicted octanol–water partition coefficient (Wildman–Crippen LogP) is -18.1. The molecule has 44 heteroatoms. The molecule has 30 rings (SSSR count). The molecule has 0 spiro atoms. The predicted molar refractivity (Wildman–Crippen MR) is 273 cm³/mol. The highest BCUT2D eigenvalue weighted by Crippen LogP contribution is 2.40. The van der Waals surface area contributed by atoms with Gasteiger partial charge in [-0.25, -0.2) is 4.21 Å². The molecule has 0 radical (unpaired) electrons. The molecular weight excluding hydrogens is 1300 g/mol. The molecule has 0 amide bonds. The lowest BCUT2D eigenvalue weighted by molar-refractivity contribution is -0.404. The van der Waals surface area contributed by atoms with E-state index < -0.39 is 310 Å². The van der Waals surface area contributed by atoms with E-state index in [0.717, 1.165) is 0 Å². The first-order valence-electron chi connectivity index (χ1n) is 28.7. The largest absolute Gasteiger partial charge is 0.750 e. The summed E-state index contributed by atoms with van der Waals surface area (Å²) in [7, 11) is 0. The number of rotatable bonds is 8. The fourth-order valence-electron chi connectivity index (χ4n) is 11.9. The molecule has 538 valence electrons. The molecule has 43 nitrogen and oxygen atoms in total. The quantitative estimate of drug-likeness (QED) is 0.100. The topological polar surface area (TPSA) is 694 Å². The average Bonchev–Trinajstić information content (AvgIpc) is 1.19. The Balaban J connectivity index is 0.00000264. The molecule has 30 saturated heterocycles. The molecule has 0 saturated carbocycles. The number of hydrogen-bond donors (Lipinski definition) is 25. The van der Waals surface area contributed by atoms with Crippen molar-refractivity contribution in [2.45, 2.75) is 246 Å². The van der Waals surface area contributed by atoms with E-state index in [9.17, 15) is 123 Å². The van der Waals surface area contributed by atoms with Crippen molar-refractivity contribution in [3.63, 3.8) is 0 Å². The van der Waals surface area contributed by atoms with E-state index >= 15 is 0 Å². The van der Waals surface area contributed by atoms with E-state index in [2.05, 4.69) is 0 Å². The smallest absolute Gasteiger partial charge is 0.187 e. The van der Waals surface area contributed by atoms with E-state index in [0.29, 0.717) is 0 Å². The molecule has 30 aliphatic heterocycles. The molecule has 25 N–H and O–H groups in total. The van der Waals surface area contributed by atoms with E-state index in [4.69, 9.17) is 89.1 Å². The molecule has 30 heterocycles. The molecule has 16 bridgehead atoms. The summed E-state index contributed by atoms with van der Waals surface area (Å²) in [5.74, 6) is 0. The normalized spacial score (nSPS) is 53.6. The number of aliphatic hydroxyl groups is 24. The minimum atomic E-state index is -2.86. The Morgan fingerprint density at radius 2 is 0.293 bits per heavy atom. The van der Waals surface area contributed by atoms with Crippen molar-refractivity contribution in [2.75, 3.05) is 52.9 Å². The van der Waals surface area contributed by atoms with Crippen molar-refractivity contribution < 1.29 is 212 Å². The SMILES string of the molecule is O=S([O-])O.OC[C@H]1O[C@@H]2O[C@H]3[C@H](O)[C@@H](O)[C@@H](O[C@H]4[C@H](O)[C@@H](O)[C@@H](O[C@H]5[C@H](O)[C@@H](O)[C@@H](O[C@H]6[C@H](O)[C@@H](O)[C@@H](O[C@H]7[C@H](O)[C@@H](O)[C@@H](O[C@H]8[C@H](O)[C@@H](O)[C@@H](O[C@H]9[C@H](O)[C@@H](O)[C@@H](O[C@H]1[C@H](O)[C@H]2O)O[C@@H]9CO)O[C@@H]8CO)O[C@@H]7CO)O[C@@H]6CO)O[C@@H]5CO)O[C@@H]4CO)O[C@@H]3CO. The Kier molecular flexibility index (Phi) is 27.4. The minimum absolute atomic E-state index is 1.08. The molecule has 41 atom stereocenters. The van der Waals surface area contributed by atoms with Gasteiger partial charge in [-0.05, 0) is 0 Å². The molecular formula is C48H81O43S-. The Morgan fingerprint density at radius 1 is 0.207 bits per heavy atom. The van der Waals surface area contributed by atoms with Crippen molar-refractivity contribution in [1.29, 1.82) is 0 Å². The second-order valence-corrected chi connectivity index (χ2v) is 23.1. The summed E-state index contributed by atoms with van der Waals surface area (Å²) >= 11 is -2.86. The molecule has 30 aliphatic rings. The van der Waals surface area contributed by atoms with E-state index in [1.807, 2.05) is 0 Å². The lowest BCUT2D eigenvalue weighted by Crippen LogP contribution is -2.69. The third-order valence-corrected chi connectivity index (χ3v) is 16.9. The van der Waals surface area contributed by atoms with Gasteiger partial charge < -0.3 is 207 Å². The van der Waals surface area contributed by atoms with Gasteiger partial charge in [0.15, 0.2) is 50.3 Å². The van der Waals surface area contributed by atoms with E-state index in [1.54, 1.807) is 0 Å². The van der Waals surface area contributed by atoms with Crippen LogP contribution in [0, 0.1) is 0 Å². The summed E-state index contributed by atoms with van der Waals surface area (Å²) in [6, 6.07) is 0. The van der Waals surface area contributed by atoms with Crippen LogP contribution in [-0.2, 0) is 87.2 Å². The zero-order chi connectivity index (χ0) is 67.6. The summed E-state index contributed by atoms with van der Waals surface area (Å²) < 4.78 is 115. The summed E-state index contributed by atoms with van der Waals surface area (Å²) in [6.07, 6.45) is -82.0. The first-order valence-corrected chi connectivity index (χ1v) is 29.7. The van der Waals surface area contributed by atoms with Crippen molar-refractivity contribution in [3.8, 4) is 0 Å². The van der Waals surface area contributed by atoms with Gasteiger partial charge >= 0.3 is 0 Å². The highest BCUT2D eigenvalue weighted by atomic mass is 32.2. The highest BCUT2D eigenvalue weighted by molar-refractivity contribution is 7.73. The van der Waals surface area contributed by atoms with Crippen LogP contribution in [0.4, 0.5) is 0 Å². The summed E-state index contributed by atoms with van der Waals surface area (Å²) in [4.78, 5) is 0. The zero-order valence-electron chi connectivity index (χ0n) is 47.7. The fourth-order valence-corrected chi connectivity index (χ4v) is 11.9. The maximum atomic E-state index is 11.4. The summed E-state index contributed by atoms with van der Waals surface area (Å²) in [6.45, 7) is -8.64. The maximum absolute atomic E-state index is 11.4. The molecule has 1 unspecified atom stereocenters. The molecule has 0 aromatic heterocycles. The van der Waals surface area contributed by atoms with Crippen LogP contribution in [0.5, 0.6) is 0 Å². The van der Waals surface area contributed by atoms with Crippen molar-refractivity contribution >= 4 is 11.4 Å². The number of aliphatic hydroxyl groups excluding tert-OH is 24. The van der Waals surface area contributed by atoms with Crippen LogP contribution in [0.15, 0.2) is 0 Å². The van der Waals surface area contributed by atoms with Gasteiger partial charge in [0.25, 0.3) is 0 Å². The second-order valence-electron chi connectivity index (χ2n) is 22.7. The van der Waals surface area contributed by atoms with Crippen molar-refractivity contribution in [2.24, 2.45) is 0 Å². The first kappa shape index (κ1) is 76.2. The first-order chi connectivity index (χ1) is 43.6. The molecule has 0 aromatic rings. The van der Waals surface area contributed by atoms with E-state index in [-0.39, 0.29) is 0 Å². The van der Waals surface area contributed by atoms with Crippen LogP contribution >= 0.6 is 0 Å². The van der Waals surface area contributed by atoms with Gasteiger partial charge in [0.2, 0.25) is 0 Å². The molecule has 0 aromatic carbocycles. The monoisotopic (exact) mass is 1380 g/mol. The van der Waals surface area contributed by atoms with Crippen LogP contribution in [0.2, 0.25) is 0 Å². The van der Waals surface area contributed by atoms with Gasteiger partial charge in [-0.3, -0.25) is 0 Å². The Morgan fingerprint density at radius 3 is 0.370 bits per heavy atom.